The first kappa shape index (κ1) is 14.5. The summed E-state index contributed by atoms with van der Waals surface area (Å²) in [6.07, 6.45) is 2.15. The Morgan fingerprint density at radius 2 is 1.12 bits per heavy atom. The highest BCUT2D eigenvalue weighted by molar-refractivity contribution is 5.77. The van der Waals surface area contributed by atoms with Gasteiger partial charge in [-0.15, -0.1) is 0 Å². The van der Waals surface area contributed by atoms with Gasteiger partial charge in [0.25, 0.3) is 0 Å². The predicted molar refractivity (Wildman–Crippen MR) is 97.8 cm³/mol. The van der Waals surface area contributed by atoms with Gasteiger partial charge in [-0.2, -0.15) is 4.57 Å². The molecule has 0 aliphatic rings. The number of imidazole rings is 1. The molecule has 0 N–H and O–H groups in total. The normalized spacial score (nSPS) is 10.7. The van der Waals surface area contributed by atoms with Crippen molar-refractivity contribution in [3.8, 4) is 28.2 Å². The highest BCUT2D eigenvalue weighted by Gasteiger charge is 2.25. The van der Waals surface area contributed by atoms with Gasteiger partial charge in [0, 0.05) is 11.1 Å². The molecule has 0 radical (unpaired) electrons. The lowest BCUT2D eigenvalue weighted by molar-refractivity contribution is -0.659. The van der Waals surface area contributed by atoms with Crippen LogP contribution in [0.5, 0.6) is 0 Å². The number of nitrogens with zero attached hydrogens (tertiary/aromatic N) is 2. The number of benzene rings is 3. The molecule has 116 valence electrons. The quantitative estimate of drug-likeness (QED) is 0.488. The number of aryl methyl sites for hydroxylation is 1. The second kappa shape index (κ2) is 6.17. The van der Waals surface area contributed by atoms with Crippen LogP contribution in [-0.4, -0.2) is 4.57 Å². The van der Waals surface area contributed by atoms with Crippen molar-refractivity contribution in [1.82, 2.24) is 4.57 Å². The third-order valence-electron chi connectivity index (χ3n) is 4.24. The monoisotopic (exact) mass is 311 g/mol. The van der Waals surface area contributed by atoms with Crippen molar-refractivity contribution in [3.63, 3.8) is 0 Å². The van der Waals surface area contributed by atoms with Crippen molar-refractivity contribution < 1.29 is 4.57 Å². The number of hydrogen-bond acceptors (Lipinski definition) is 0. The zero-order valence-electron chi connectivity index (χ0n) is 13.6. The Morgan fingerprint density at radius 1 is 0.625 bits per heavy atom. The smallest absolute Gasteiger partial charge is 0.232 e. The summed E-state index contributed by atoms with van der Waals surface area (Å²) in [5, 5.41) is 0. The Kier molecular flexibility index (Phi) is 3.72. The van der Waals surface area contributed by atoms with Gasteiger partial charge in [-0.1, -0.05) is 78.9 Å². The van der Waals surface area contributed by atoms with E-state index in [1.54, 1.807) is 0 Å². The lowest BCUT2D eigenvalue weighted by Crippen LogP contribution is -2.27. The summed E-state index contributed by atoms with van der Waals surface area (Å²) in [5.74, 6) is 0. The Morgan fingerprint density at radius 3 is 1.71 bits per heavy atom. The SMILES string of the molecule is C[n+]1cn(-c2ccccc2)c(-c2ccccc2)c1-c1ccccc1. The van der Waals surface area contributed by atoms with Crippen molar-refractivity contribution in [1.29, 1.82) is 0 Å². The maximum absolute atomic E-state index is 2.26. The van der Waals surface area contributed by atoms with Crippen LogP contribution in [0.2, 0.25) is 0 Å². The Bertz CT molecular complexity index is 939. The molecule has 3 aromatic carbocycles. The molecule has 0 fully saturated rings. The zero-order chi connectivity index (χ0) is 16.4. The van der Waals surface area contributed by atoms with Gasteiger partial charge in [0.2, 0.25) is 6.33 Å². The molecular formula is C22H19N2+. The van der Waals surface area contributed by atoms with Crippen LogP contribution in [0.3, 0.4) is 0 Å². The third kappa shape index (κ3) is 2.52. The van der Waals surface area contributed by atoms with Gasteiger partial charge in [0.1, 0.15) is 5.69 Å². The van der Waals surface area contributed by atoms with Crippen LogP contribution in [0.15, 0.2) is 97.3 Å². The molecule has 0 aliphatic carbocycles. The molecule has 4 aromatic rings. The van der Waals surface area contributed by atoms with E-state index in [9.17, 15) is 0 Å². The van der Waals surface area contributed by atoms with E-state index in [2.05, 4.69) is 107 Å². The molecule has 1 aromatic heterocycles. The summed E-state index contributed by atoms with van der Waals surface area (Å²) in [4.78, 5) is 0. The van der Waals surface area contributed by atoms with Gasteiger partial charge in [-0.3, -0.25) is 0 Å². The minimum atomic E-state index is 1.16. The van der Waals surface area contributed by atoms with Crippen LogP contribution >= 0.6 is 0 Å². The first-order chi connectivity index (χ1) is 11.8. The van der Waals surface area contributed by atoms with Crippen LogP contribution in [0.4, 0.5) is 0 Å². The number of rotatable bonds is 3. The van der Waals surface area contributed by atoms with Crippen LogP contribution in [0, 0.1) is 0 Å². The maximum Gasteiger partial charge on any atom is 0.249 e. The minimum absolute atomic E-state index is 1.16. The molecule has 1 heterocycles. The largest absolute Gasteiger partial charge is 0.249 e. The van der Waals surface area contributed by atoms with Gasteiger partial charge in [0.15, 0.2) is 11.4 Å². The molecule has 0 bridgehead atoms. The van der Waals surface area contributed by atoms with Crippen molar-refractivity contribution in [3.05, 3.63) is 97.3 Å². The first-order valence-electron chi connectivity index (χ1n) is 8.12. The molecular weight excluding hydrogens is 292 g/mol. The molecule has 2 nitrogen and oxygen atoms in total. The molecule has 4 rings (SSSR count). The Labute approximate surface area is 142 Å². The summed E-state index contributed by atoms with van der Waals surface area (Å²) in [6, 6.07) is 31.6. The molecule has 0 unspecified atom stereocenters. The van der Waals surface area contributed by atoms with E-state index in [1.807, 2.05) is 6.07 Å². The minimum Gasteiger partial charge on any atom is -0.232 e. The second-order valence-electron chi connectivity index (χ2n) is 5.86. The van der Waals surface area contributed by atoms with Gasteiger partial charge in [-0.25, -0.2) is 4.57 Å². The van der Waals surface area contributed by atoms with E-state index in [0.717, 1.165) is 5.69 Å². The number of aromatic nitrogens is 2. The van der Waals surface area contributed by atoms with Crippen LogP contribution < -0.4 is 4.57 Å². The van der Waals surface area contributed by atoms with E-state index >= 15 is 0 Å². The molecule has 0 saturated carbocycles. The second-order valence-corrected chi connectivity index (χ2v) is 5.86. The van der Waals surface area contributed by atoms with Crippen LogP contribution in [0.1, 0.15) is 0 Å². The number of hydrogen-bond donors (Lipinski definition) is 0. The summed E-state index contributed by atoms with van der Waals surface area (Å²) >= 11 is 0. The van der Waals surface area contributed by atoms with Crippen molar-refractivity contribution in [2.75, 3.05) is 0 Å². The highest BCUT2D eigenvalue weighted by Crippen LogP contribution is 2.31. The van der Waals surface area contributed by atoms with E-state index in [-0.39, 0.29) is 0 Å². The van der Waals surface area contributed by atoms with E-state index in [1.165, 1.54) is 22.5 Å². The van der Waals surface area contributed by atoms with Crippen molar-refractivity contribution >= 4 is 0 Å². The third-order valence-corrected chi connectivity index (χ3v) is 4.24. The number of para-hydroxylation sites is 1. The van der Waals surface area contributed by atoms with Crippen LogP contribution in [-0.2, 0) is 7.05 Å². The molecule has 0 saturated heterocycles. The van der Waals surface area contributed by atoms with Crippen molar-refractivity contribution in [2.24, 2.45) is 7.05 Å². The lowest BCUT2D eigenvalue weighted by Gasteiger charge is -2.05. The first-order valence-corrected chi connectivity index (χ1v) is 8.12. The zero-order valence-corrected chi connectivity index (χ0v) is 13.6. The predicted octanol–water partition coefficient (Wildman–Crippen LogP) is 4.64. The Hall–Kier alpha value is -3.13. The summed E-state index contributed by atoms with van der Waals surface area (Å²) in [7, 11) is 2.11. The van der Waals surface area contributed by atoms with E-state index < -0.39 is 0 Å². The fourth-order valence-corrected chi connectivity index (χ4v) is 3.16. The molecule has 0 spiro atoms. The summed E-state index contributed by atoms with van der Waals surface area (Å²) in [6.45, 7) is 0. The van der Waals surface area contributed by atoms with Crippen LogP contribution in [0.25, 0.3) is 28.2 Å². The molecule has 24 heavy (non-hydrogen) atoms. The molecule has 0 amide bonds. The standard InChI is InChI=1S/C22H19N2/c1-23-17-24(20-15-9-4-10-16-20)22(19-13-7-3-8-14-19)21(23)18-11-5-2-6-12-18/h2-17H,1H3/q+1. The molecule has 0 atom stereocenters. The van der Waals surface area contributed by atoms with Gasteiger partial charge < -0.3 is 0 Å². The molecule has 2 heteroatoms. The average molecular weight is 311 g/mol. The highest BCUT2D eigenvalue weighted by atomic mass is 15.1. The average Bonchev–Trinajstić information content (AvgIpc) is 3.01. The lowest BCUT2D eigenvalue weighted by atomic mass is 10.0. The fraction of sp³-hybridized carbons (Fsp3) is 0.0455. The van der Waals surface area contributed by atoms with Gasteiger partial charge >= 0.3 is 0 Å². The summed E-state index contributed by atoms with van der Waals surface area (Å²) < 4.78 is 4.46. The topological polar surface area (TPSA) is 8.81 Å². The molecule has 0 aliphatic heterocycles. The van der Waals surface area contributed by atoms with Crippen molar-refractivity contribution in [2.45, 2.75) is 0 Å². The summed E-state index contributed by atoms with van der Waals surface area (Å²) in [5.41, 5.74) is 6.00. The van der Waals surface area contributed by atoms with Gasteiger partial charge in [0.05, 0.1) is 7.05 Å². The van der Waals surface area contributed by atoms with E-state index in [0.29, 0.717) is 0 Å². The maximum atomic E-state index is 2.26. The van der Waals surface area contributed by atoms with Gasteiger partial charge in [-0.05, 0) is 12.1 Å². The Balaban J connectivity index is 2.03. The van der Waals surface area contributed by atoms with E-state index in [4.69, 9.17) is 0 Å². The fourth-order valence-electron chi connectivity index (χ4n) is 3.16.